The molecule has 1 aromatic rings. The Morgan fingerprint density at radius 3 is 2.58 bits per heavy atom. The molecule has 0 radical (unpaired) electrons. The van der Waals surface area contributed by atoms with Crippen molar-refractivity contribution in [3.63, 3.8) is 0 Å². The zero-order valence-electron chi connectivity index (χ0n) is 11.2. The summed E-state index contributed by atoms with van der Waals surface area (Å²) in [5.41, 5.74) is 0. The highest BCUT2D eigenvalue weighted by Gasteiger charge is 2.15. The van der Waals surface area contributed by atoms with Crippen molar-refractivity contribution < 1.29 is 12.6 Å². The maximum absolute atomic E-state index is 11.9. The Labute approximate surface area is 116 Å². The quantitative estimate of drug-likeness (QED) is 0.768. The fourth-order valence-electron chi connectivity index (χ4n) is 1.33. The van der Waals surface area contributed by atoms with Crippen LogP contribution in [0.25, 0.3) is 0 Å². The lowest BCUT2D eigenvalue weighted by molar-refractivity contribution is 0.577. The van der Waals surface area contributed by atoms with Crippen molar-refractivity contribution in [2.45, 2.75) is 23.5 Å². The van der Waals surface area contributed by atoms with E-state index in [0.29, 0.717) is 12.2 Å². The molecule has 1 rings (SSSR count). The van der Waals surface area contributed by atoms with E-state index >= 15 is 0 Å². The molecule has 108 valence electrons. The Morgan fingerprint density at radius 1 is 1.42 bits per heavy atom. The third-order valence-corrected chi connectivity index (χ3v) is 5.53. The number of anilines is 1. The minimum absolute atomic E-state index is 0.0347. The van der Waals surface area contributed by atoms with Gasteiger partial charge in [-0.25, -0.2) is 18.1 Å². The Kier molecular flexibility index (Phi) is 5.89. The topological polar surface area (TPSA) is 88.2 Å². The molecule has 0 aromatic carbocycles. The molecule has 6 nitrogen and oxygen atoms in total. The van der Waals surface area contributed by atoms with Crippen LogP contribution in [0, 0.1) is 0 Å². The van der Waals surface area contributed by atoms with Gasteiger partial charge in [0.1, 0.15) is 10.7 Å². The first-order valence-electron chi connectivity index (χ1n) is 5.82. The number of hydrogen-bond donors (Lipinski definition) is 2. The number of hydrogen-bond acceptors (Lipinski definition) is 5. The van der Waals surface area contributed by atoms with Gasteiger partial charge in [-0.1, -0.05) is 6.92 Å². The highest BCUT2D eigenvalue weighted by molar-refractivity contribution is 7.89. The minimum atomic E-state index is -3.55. The molecule has 19 heavy (non-hydrogen) atoms. The Hall–Kier alpha value is -0.990. The highest BCUT2D eigenvalue weighted by Crippen LogP contribution is 2.10. The van der Waals surface area contributed by atoms with Crippen LogP contribution in [-0.2, 0) is 20.8 Å². The van der Waals surface area contributed by atoms with Gasteiger partial charge in [0.05, 0.1) is 0 Å². The smallest absolute Gasteiger partial charge is 0.242 e. The van der Waals surface area contributed by atoms with Crippen LogP contribution in [0.1, 0.15) is 13.3 Å². The molecule has 1 heterocycles. The van der Waals surface area contributed by atoms with Gasteiger partial charge in [0.2, 0.25) is 10.0 Å². The molecule has 8 heteroatoms. The lowest BCUT2D eigenvalue weighted by Gasteiger charge is -2.10. The van der Waals surface area contributed by atoms with Crippen LogP contribution >= 0.6 is 0 Å². The highest BCUT2D eigenvalue weighted by atomic mass is 32.2. The second-order valence-corrected chi connectivity index (χ2v) is 7.69. The molecular formula is C11H19N3O3S2. The number of rotatable bonds is 7. The van der Waals surface area contributed by atoms with Crippen molar-refractivity contribution in [2.24, 2.45) is 0 Å². The van der Waals surface area contributed by atoms with Gasteiger partial charge < -0.3 is 5.32 Å². The average molecular weight is 305 g/mol. The molecule has 0 amide bonds. The van der Waals surface area contributed by atoms with Crippen LogP contribution < -0.4 is 10.0 Å². The summed E-state index contributed by atoms with van der Waals surface area (Å²) in [4.78, 5) is 4.08. The van der Waals surface area contributed by atoms with Crippen molar-refractivity contribution in [2.75, 3.05) is 25.2 Å². The molecular weight excluding hydrogens is 286 g/mol. The second kappa shape index (κ2) is 6.97. The fraction of sp³-hybridized carbons (Fsp3) is 0.545. The van der Waals surface area contributed by atoms with Crippen molar-refractivity contribution in [3.8, 4) is 0 Å². The minimum Gasteiger partial charge on any atom is -0.373 e. The Balaban J connectivity index is 2.62. The lowest BCUT2D eigenvalue weighted by Crippen LogP contribution is -2.27. The fourth-order valence-corrected chi connectivity index (χ4v) is 2.77. The third kappa shape index (κ3) is 4.88. The van der Waals surface area contributed by atoms with E-state index in [1.54, 1.807) is 19.4 Å². The molecule has 0 saturated heterocycles. The SMILES string of the molecule is CNc1ccc(S(=O)(=O)NCCC(C)S(C)=O)cn1. The van der Waals surface area contributed by atoms with Crippen LogP contribution in [0.2, 0.25) is 0 Å². The van der Waals surface area contributed by atoms with E-state index in [-0.39, 0.29) is 16.7 Å². The number of pyridine rings is 1. The maximum Gasteiger partial charge on any atom is 0.242 e. The Bertz CT molecular complexity index is 529. The van der Waals surface area contributed by atoms with Crippen LogP contribution in [0.15, 0.2) is 23.2 Å². The lowest BCUT2D eigenvalue weighted by atomic mass is 10.3. The first-order chi connectivity index (χ1) is 8.86. The van der Waals surface area contributed by atoms with Crippen molar-refractivity contribution in [1.82, 2.24) is 9.71 Å². The van der Waals surface area contributed by atoms with Gasteiger partial charge in [-0.2, -0.15) is 0 Å². The van der Waals surface area contributed by atoms with Crippen molar-refractivity contribution in [3.05, 3.63) is 18.3 Å². The molecule has 1 aromatic heterocycles. The molecule has 2 unspecified atom stereocenters. The normalized spacial score (nSPS) is 14.9. The predicted molar refractivity (Wildman–Crippen MR) is 77.1 cm³/mol. The van der Waals surface area contributed by atoms with Gasteiger partial charge in [0.25, 0.3) is 0 Å². The summed E-state index contributed by atoms with van der Waals surface area (Å²) in [6.45, 7) is 2.09. The van der Waals surface area contributed by atoms with Crippen LogP contribution in [0.5, 0.6) is 0 Å². The van der Waals surface area contributed by atoms with E-state index in [2.05, 4.69) is 15.0 Å². The summed E-state index contributed by atoms with van der Waals surface area (Å²) >= 11 is 0. The molecule has 2 N–H and O–H groups in total. The summed E-state index contributed by atoms with van der Waals surface area (Å²) in [5.74, 6) is 0.606. The second-order valence-electron chi connectivity index (χ2n) is 4.12. The zero-order chi connectivity index (χ0) is 14.5. The van der Waals surface area contributed by atoms with E-state index in [1.807, 2.05) is 6.92 Å². The summed E-state index contributed by atoms with van der Waals surface area (Å²) in [7, 11) is -2.78. The summed E-state index contributed by atoms with van der Waals surface area (Å²) in [5, 5.41) is 2.78. The van der Waals surface area contributed by atoms with Gasteiger partial charge in [-0.05, 0) is 18.6 Å². The summed E-state index contributed by atoms with van der Waals surface area (Å²) in [6, 6.07) is 3.08. The summed E-state index contributed by atoms with van der Waals surface area (Å²) < 4.78 is 37.5. The predicted octanol–water partition coefficient (Wildman–Crippen LogP) is 0.559. The van der Waals surface area contributed by atoms with Gasteiger partial charge in [0, 0.05) is 42.1 Å². The van der Waals surface area contributed by atoms with Crippen LogP contribution in [-0.4, -0.2) is 42.7 Å². The zero-order valence-corrected chi connectivity index (χ0v) is 12.8. The van der Waals surface area contributed by atoms with E-state index in [9.17, 15) is 12.6 Å². The largest absolute Gasteiger partial charge is 0.373 e. The number of aromatic nitrogens is 1. The van der Waals surface area contributed by atoms with Gasteiger partial charge in [-0.15, -0.1) is 0 Å². The number of nitrogens with zero attached hydrogens (tertiary/aromatic N) is 1. The molecule has 0 aliphatic heterocycles. The molecule has 0 spiro atoms. The molecule has 0 saturated carbocycles. The maximum atomic E-state index is 11.9. The number of sulfonamides is 1. The van der Waals surface area contributed by atoms with Gasteiger partial charge in [0.15, 0.2) is 0 Å². The van der Waals surface area contributed by atoms with Gasteiger partial charge in [-0.3, -0.25) is 4.21 Å². The Morgan fingerprint density at radius 2 is 2.11 bits per heavy atom. The molecule has 2 atom stereocenters. The molecule has 0 bridgehead atoms. The molecule has 0 aliphatic rings. The first kappa shape index (κ1) is 16.1. The van der Waals surface area contributed by atoms with E-state index in [1.165, 1.54) is 12.3 Å². The van der Waals surface area contributed by atoms with Crippen molar-refractivity contribution in [1.29, 1.82) is 0 Å². The summed E-state index contributed by atoms with van der Waals surface area (Å²) in [6.07, 6.45) is 3.44. The average Bonchev–Trinajstić information content (AvgIpc) is 2.38. The van der Waals surface area contributed by atoms with Gasteiger partial charge >= 0.3 is 0 Å². The monoisotopic (exact) mass is 305 g/mol. The molecule has 0 aliphatic carbocycles. The first-order valence-corrected chi connectivity index (χ1v) is 8.93. The third-order valence-electron chi connectivity index (χ3n) is 2.71. The molecule has 0 fully saturated rings. The van der Waals surface area contributed by atoms with E-state index in [0.717, 1.165) is 0 Å². The van der Waals surface area contributed by atoms with Crippen LogP contribution in [0.3, 0.4) is 0 Å². The standard InChI is InChI=1S/C11H19N3O3S2/c1-9(18(3)15)6-7-14-19(16,17)10-4-5-11(12-2)13-8-10/h4-5,8-9,14H,6-7H2,1-3H3,(H,12,13). The van der Waals surface area contributed by atoms with E-state index in [4.69, 9.17) is 0 Å². The number of nitrogens with one attached hydrogen (secondary N) is 2. The van der Waals surface area contributed by atoms with E-state index < -0.39 is 20.8 Å². The van der Waals surface area contributed by atoms with Crippen molar-refractivity contribution >= 4 is 26.6 Å². The van der Waals surface area contributed by atoms with Crippen LogP contribution in [0.4, 0.5) is 5.82 Å².